The molecule has 1 aromatic heterocycles. The van der Waals surface area contributed by atoms with E-state index in [2.05, 4.69) is 4.72 Å². The van der Waals surface area contributed by atoms with Gasteiger partial charge in [-0.15, -0.1) is 0 Å². The summed E-state index contributed by atoms with van der Waals surface area (Å²) < 4.78 is 33.1. The maximum absolute atomic E-state index is 12.6. The number of sulfonamides is 1. The quantitative estimate of drug-likeness (QED) is 0.753. The van der Waals surface area contributed by atoms with Crippen LogP contribution in [0.4, 0.5) is 5.69 Å². The second-order valence-corrected chi connectivity index (χ2v) is 6.66. The Morgan fingerprint density at radius 3 is 2.43 bits per heavy atom. The Labute approximate surface area is 134 Å². The highest BCUT2D eigenvalue weighted by Gasteiger charge is 2.17. The van der Waals surface area contributed by atoms with E-state index in [1.54, 1.807) is 60.9 Å². The lowest BCUT2D eigenvalue weighted by molar-refractivity contribution is 0.582. The predicted molar refractivity (Wildman–Crippen MR) is 89.3 cm³/mol. The molecule has 0 radical (unpaired) electrons. The fourth-order valence-electron chi connectivity index (χ4n) is 2.25. The summed E-state index contributed by atoms with van der Waals surface area (Å²) in [4.78, 5) is 0.198. The van der Waals surface area contributed by atoms with Crippen LogP contribution in [0.15, 0.2) is 76.2 Å². The molecule has 0 aliphatic rings. The van der Waals surface area contributed by atoms with E-state index < -0.39 is 10.0 Å². The maximum Gasteiger partial charge on any atom is 0.261 e. The number of furan rings is 1. The molecular weight excluding hydrogens is 312 g/mol. The number of hydrogen-bond donors (Lipinski definition) is 2. The van der Waals surface area contributed by atoms with E-state index in [1.165, 1.54) is 0 Å². The topological polar surface area (TPSA) is 85.3 Å². The second kappa shape index (κ2) is 6.28. The Balaban J connectivity index is 2.05. The molecule has 3 rings (SSSR count). The van der Waals surface area contributed by atoms with Gasteiger partial charge in [-0.25, -0.2) is 8.42 Å². The summed E-state index contributed by atoms with van der Waals surface area (Å²) in [5.41, 5.74) is 7.58. The van der Waals surface area contributed by atoms with Gasteiger partial charge in [0.1, 0.15) is 5.76 Å². The van der Waals surface area contributed by atoms with Crippen molar-refractivity contribution in [2.75, 3.05) is 4.72 Å². The van der Waals surface area contributed by atoms with Crippen LogP contribution in [0.2, 0.25) is 0 Å². The van der Waals surface area contributed by atoms with Crippen molar-refractivity contribution in [1.29, 1.82) is 0 Å². The summed E-state index contributed by atoms with van der Waals surface area (Å²) in [5, 5.41) is 0. The third-order valence-corrected chi connectivity index (χ3v) is 4.79. The Morgan fingerprint density at radius 1 is 1.00 bits per heavy atom. The van der Waals surface area contributed by atoms with Crippen molar-refractivity contribution in [2.24, 2.45) is 5.73 Å². The summed E-state index contributed by atoms with van der Waals surface area (Å²) >= 11 is 0. The zero-order chi connectivity index (χ0) is 16.3. The van der Waals surface area contributed by atoms with E-state index in [9.17, 15) is 8.42 Å². The van der Waals surface area contributed by atoms with Crippen LogP contribution in [0.25, 0.3) is 11.3 Å². The molecule has 5 nitrogen and oxygen atoms in total. The number of benzene rings is 2. The minimum Gasteiger partial charge on any atom is -0.464 e. The molecule has 0 unspecified atom stereocenters. The summed E-state index contributed by atoms with van der Waals surface area (Å²) in [6.45, 7) is 0.318. The Bertz CT molecular complexity index is 889. The minimum absolute atomic E-state index is 0.198. The third-order valence-electron chi connectivity index (χ3n) is 3.40. The monoisotopic (exact) mass is 328 g/mol. The first kappa shape index (κ1) is 15.3. The molecule has 0 fully saturated rings. The third kappa shape index (κ3) is 3.28. The highest BCUT2D eigenvalue weighted by molar-refractivity contribution is 7.92. The normalized spacial score (nSPS) is 11.3. The number of nitrogens with two attached hydrogens (primary N) is 1. The summed E-state index contributed by atoms with van der Waals surface area (Å²) in [5.74, 6) is 0.583. The Hall–Kier alpha value is -2.57. The highest BCUT2D eigenvalue weighted by atomic mass is 32.2. The van der Waals surface area contributed by atoms with Crippen LogP contribution in [-0.2, 0) is 16.6 Å². The fourth-order valence-corrected chi connectivity index (χ4v) is 3.34. The van der Waals surface area contributed by atoms with Gasteiger partial charge in [-0.1, -0.05) is 24.3 Å². The van der Waals surface area contributed by atoms with Gasteiger partial charge in [0.15, 0.2) is 0 Å². The van der Waals surface area contributed by atoms with Gasteiger partial charge < -0.3 is 10.2 Å². The number of anilines is 1. The number of hydrogen-bond acceptors (Lipinski definition) is 4. The first-order valence-electron chi connectivity index (χ1n) is 7.05. The van der Waals surface area contributed by atoms with E-state index in [0.717, 1.165) is 5.56 Å². The molecule has 6 heteroatoms. The van der Waals surface area contributed by atoms with Crippen molar-refractivity contribution >= 4 is 15.7 Å². The molecule has 0 amide bonds. The molecule has 0 bridgehead atoms. The molecule has 1 heterocycles. The van der Waals surface area contributed by atoms with Crippen molar-refractivity contribution < 1.29 is 12.8 Å². The largest absolute Gasteiger partial charge is 0.464 e. The van der Waals surface area contributed by atoms with Gasteiger partial charge in [0.05, 0.1) is 16.8 Å². The molecule has 3 aromatic rings. The van der Waals surface area contributed by atoms with Gasteiger partial charge in [0.2, 0.25) is 0 Å². The Morgan fingerprint density at radius 2 is 1.78 bits per heavy atom. The molecule has 2 aromatic carbocycles. The molecule has 0 aliphatic heterocycles. The fraction of sp³-hybridized carbons (Fsp3) is 0.0588. The standard InChI is InChI=1S/C17H16N2O3S/c18-12-13-8-9-15(17-7-4-10-22-17)16(11-13)19-23(20,21)14-5-2-1-3-6-14/h1-11,19H,12,18H2. The van der Waals surface area contributed by atoms with Gasteiger partial charge >= 0.3 is 0 Å². The molecule has 118 valence electrons. The average Bonchev–Trinajstić information content (AvgIpc) is 3.09. The molecule has 3 N–H and O–H groups in total. The van der Waals surface area contributed by atoms with Gasteiger partial charge in [-0.2, -0.15) is 0 Å². The van der Waals surface area contributed by atoms with Crippen LogP contribution in [0.5, 0.6) is 0 Å². The molecule has 0 saturated heterocycles. The van der Waals surface area contributed by atoms with Crippen LogP contribution < -0.4 is 10.5 Å². The van der Waals surface area contributed by atoms with Gasteiger partial charge in [0.25, 0.3) is 10.0 Å². The van der Waals surface area contributed by atoms with Gasteiger partial charge in [-0.3, -0.25) is 4.72 Å². The average molecular weight is 328 g/mol. The van der Waals surface area contributed by atoms with Crippen molar-refractivity contribution in [2.45, 2.75) is 11.4 Å². The van der Waals surface area contributed by atoms with Crippen molar-refractivity contribution in [3.63, 3.8) is 0 Å². The lowest BCUT2D eigenvalue weighted by Crippen LogP contribution is -2.14. The van der Waals surface area contributed by atoms with E-state index in [0.29, 0.717) is 23.6 Å². The Kier molecular flexibility index (Phi) is 4.18. The van der Waals surface area contributed by atoms with Crippen molar-refractivity contribution in [1.82, 2.24) is 0 Å². The molecule has 23 heavy (non-hydrogen) atoms. The first-order chi connectivity index (χ1) is 11.1. The van der Waals surface area contributed by atoms with Crippen LogP contribution >= 0.6 is 0 Å². The van der Waals surface area contributed by atoms with E-state index >= 15 is 0 Å². The van der Waals surface area contributed by atoms with Crippen LogP contribution in [-0.4, -0.2) is 8.42 Å². The summed E-state index contributed by atoms with van der Waals surface area (Å²) in [7, 11) is -3.68. The number of nitrogens with one attached hydrogen (secondary N) is 1. The minimum atomic E-state index is -3.68. The summed E-state index contributed by atoms with van der Waals surface area (Å²) in [6.07, 6.45) is 1.54. The van der Waals surface area contributed by atoms with E-state index in [-0.39, 0.29) is 4.90 Å². The van der Waals surface area contributed by atoms with E-state index in [4.69, 9.17) is 10.2 Å². The lowest BCUT2D eigenvalue weighted by atomic mass is 10.1. The maximum atomic E-state index is 12.6. The molecule has 0 spiro atoms. The lowest BCUT2D eigenvalue weighted by Gasteiger charge is -2.13. The second-order valence-electron chi connectivity index (χ2n) is 4.98. The number of rotatable bonds is 5. The highest BCUT2D eigenvalue weighted by Crippen LogP contribution is 2.31. The molecule has 0 aliphatic carbocycles. The van der Waals surface area contributed by atoms with Crippen LogP contribution in [0.3, 0.4) is 0 Å². The smallest absolute Gasteiger partial charge is 0.261 e. The first-order valence-corrected chi connectivity index (χ1v) is 8.53. The van der Waals surface area contributed by atoms with Crippen LogP contribution in [0.1, 0.15) is 5.56 Å². The van der Waals surface area contributed by atoms with Crippen molar-refractivity contribution in [3.8, 4) is 11.3 Å². The van der Waals surface area contributed by atoms with Crippen molar-refractivity contribution in [3.05, 3.63) is 72.5 Å². The predicted octanol–water partition coefficient (Wildman–Crippen LogP) is 3.21. The van der Waals surface area contributed by atoms with E-state index in [1.807, 2.05) is 6.07 Å². The van der Waals surface area contributed by atoms with Gasteiger partial charge in [0, 0.05) is 12.1 Å². The molecule has 0 atom stereocenters. The SMILES string of the molecule is NCc1ccc(-c2ccco2)c(NS(=O)(=O)c2ccccc2)c1. The van der Waals surface area contributed by atoms with Gasteiger partial charge in [-0.05, 0) is 42.0 Å². The zero-order valence-corrected chi connectivity index (χ0v) is 13.1. The molecular formula is C17H16N2O3S. The zero-order valence-electron chi connectivity index (χ0n) is 12.3. The van der Waals surface area contributed by atoms with Crippen LogP contribution in [0, 0.1) is 0 Å². The summed E-state index contributed by atoms with van der Waals surface area (Å²) in [6, 6.07) is 17.1. The molecule has 0 saturated carbocycles.